The highest BCUT2D eigenvalue weighted by Gasteiger charge is 1.93. The molecule has 2 aromatic rings. The van der Waals surface area contributed by atoms with Crippen LogP contribution >= 0.6 is 0 Å². The van der Waals surface area contributed by atoms with Crippen molar-refractivity contribution < 1.29 is 14.3 Å². The summed E-state index contributed by atoms with van der Waals surface area (Å²) in [6.07, 6.45) is 3.07. The van der Waals surface area contributed by atoms with E-state index < -0.39 is 5.97 Å². The summed E-state index contributed by atoms with van der Waals surface area (Å²) in [5.74, 6) is -0.570. The van der Waals surface area contributed by atoms with Crippen LogP contribution in [0.2, 0.25) is 0 Å². The molecule has 0 amide bonds. The van der Waals surface area contributed by atoms with E-state index >= 15 is 0 Å². The van der Waals surface area contributed by atoms with Gasteiger partial charge in [0.15, 0.2) is 0 Å². The number of carbonyl (C=O) groups excluding carboxylic acids is 1. The highest BCUT2D eigenvalue weighted by molar-refractivity contribution is 5.86. The molecule has 0 aliphatic heterocycles. The molecule has 0 fully saturated rings. The molecule has 1 aromatic heterocycles. The second-order valence-electron chi connectivity index (χ2n) is 3.25. The number of nitrogens with zero attached hydrogens (tertiary/aromatic N) is 1. The number of furan rings is 1. The summed E-state index contributed by atoms with van der Waals surface area (Å²) < 4.78 is 5.05. The number of aromatic carboxylic acids is 1. The van der Waals surface area contributed by atoms with E-state index in [9.17, 15) is 9.90 Å². The summed E-state index contributed by atoms with van der Waals surface area (Å²) in [5, 5.41) is 14.4. The Morgan fingerprint density at radius 2 is 2.06 bits per heavy atom. The molecule has 2 rings (SSSR count). The average molecular weight is 229 g/mol. The number of rotatable bonds is 4. The summed E-state index contributed by atoms with van der Waals surface area (Å²) in [6.45, 7) is 0. The van der Waals surface area contributed by atoms with E-state index in [1.165, 1.54) is 18.3 Å². The Labute approximate surface area is 97.4 Å². The third-order valence-corrected chi connectivity index (χ3v) is 2.05. The van der Waals surface area contributed by atoms with Gasteiger partial charge in [0.1, 0.15) is 5.76 Å². The number of nitrogens with one attached hydrogen (secondary N) is 1. The zero-order valence-corrected chi connectivity index (χ0v) is 8.79. The van der Waals surface area contributed by atoms with Gasteiger partial charge in [-0.05, 0) is 29.8 Å². The Hall–Kier alpha value is -2.56. The van der Waals surface area contributed by atoms with Gasteiger partial charge in [-0.3, -0.25) is 5.43 Å². The zero-order valence-electron chi connectivity index (χ0n) is 8.79. The monoisotopic (exact) mass is 229 g/mol. The molecule has 0 spiro atoms. The van der Waals surface area contributed by atoms with Crippen LogP contribution in [0.1, 0.15) is 16.1 Å². The molecule has 17 heavy (non-hydrogen) atoms. The van der Waals surface area contributed by atoms with E-state index in [2.05, 4.69) is 10.5 Å². The van der Waals surface area contributed by atoms with Crippen molar-refractivity contribution in [2.75, 3.05) is 5.43 Å². The molecular weight excluding hydrogens is 220 g/mol. The minimum Gasteiger partial charge on any atom is -0.545 e. The Kier molecular flexibility index (Phi) is 3.20. The number of hydrogen-bond donors (Lipinski definition) is 1. The van der Waals surface area contributed by atoms with Crippen molar-refractivity contribution in [3.05, 3.63) is 54.0 Å². The fourth-order valence-corrected chi connectivity index (χ4v) is 1.22. The van der Waals surface area contributed by atoms with E-state index in [0.29, 0.717) is 11.4 Å². The average Bonchev–Trinajstić information content (AvgIpc) is 2.83. The zero-order chi connectivity index (χ0) is 12.1. The molecule has 0 saturated heterocycles. The first kappa shape index (κ1) is 10.9. The van der Waals surface area contributed by atoms with Crippen molar-refractivity contribution in [3.8, 4) is 0 Å². The number of carboxylic acids is 1. The molecule has 0 bridgehead atoms. The number of benzene rings is 1. The molecule has 86 valence electrons. The fraction of sp³-hybridized carbons (Fsp3) is 0. The third kappa shape index (κ3) is 2.94. The Morgan fingerprint density at radius 1 is 1.29 bits per heavy atom. The molecule has 1 aromatic carbocycles. The standard InChI is InChI=1S/C12H10N2O3/c15-12(16)9-3-5-10(6-4-9)14-13-8-11-2-1-7-17-11/h1-8,14H,(H,15,16)/p-1/b13-8-. The number of anilines is 1. The highest BCUT2D eigenvalue weighted by Crippen LogP contribution is 2.08. The van der Waals surface area contributed by atoms with Crippen LogP contribution in [0.5, 0.6) is 0 Å². The van der Waals surface area contributed by atoms with Crippen LogP contribution in [0.3, 0.4) is 0 Å². The summed E-state index contributed by atoms with van der Waals surface area (Å²) in [7, 11) is 0. The molecule has 0 aliphatic rings. The maximum absolute atomic E-state index is 10.5. The van der Waals surface area contributed by atoms with Gasteiger partial charge in [-0.15, -0.1) is 0 Å². The third-order valence-electron chi connectivity index (χ3n) is 2.05. The van der Waals surface area contributed by atoms with Crippen molar-refractivity contribution in [2.45, 2.75) is 0 Å². The fourth-order valence-electron chi connectivity index (χ4n) is 1.22. The number of hydrazone groups is 1. The van der Waals surface area contributed by atoms with E-state index in [-0.39, 0.29) is 5.56 Å². The van der Waals surface area contributed by atoms with Gasteiger partial charge >= 0.3 is 0 Å². The van der Waals surface area contributed by atoms with Crippen molar-refractivity contribution >= 4 is 17.9 Å². The van der Waals surface area contributed by atoms with E-state index in [1.54, 1.807) is 30.5 Å². The normalized spacial score (nSPS) is 10.6. The van der Waals surface area contributed by atoms with Gasteiger partial charge in [0.2, 0.25) is 0 Å². The van der Waals surface area contributed by atoms with Crippen LogP contribution in [0.4, 0.5) is 5.69 Å². The number of carbonyl (C=O) groups is 1. The predicted molar refractivity (Wildman–Crippen MR) is 60.7 cm³/mol. The van der Waals surface area contributed by atoms with Crippen molar-refractivity contribution in [1.82, 2.24) is 0 Å². The van der Waals surface area contributed by atoms with Crippen LogP contribution in [-0.4, -0.2) is 12.2 Å². The molecule has 5 nitrogen and oxygen atoms in total. The number of carboxylic acid groups (broad SMARTS) is 1. The quantitative estimate of drug-likeness (QED) is 0.628. The maximum atomic E-state index is 10.5. The Bertz CT molecular complexity index is 515. The Morgan fingerprint density at radius 3 is 2.65 bits per heavy atom. The first-order valence-electron chi connectivity index (χ1n) is 4.90. The van der Waals surface area contributed by atoms with Crippen molar-refractivity contribution in [2.24, 2.45) is 5.10 Å². The lowest BCUT2D eigenvalue weighted by Gasteiger charge is -2.03. The van der Waals surface area contributed by atoms with Crippen LogP contribution in [-0.2, 0) is 0 Å². The highest BCUT2D eigenvalue weighted by atomic mass is 16.4. The molecule has 0 atom stereocenters. The van der Waals surface area contributed by atoms with Gasteiger partial charge < -0.3 is 14.3 Å². The van der Waals surface area contributed by atoms with Gasteiger partial charge in [0, 0.05) is 0 Å². The minimum absolute atomic E-state index is 0.130. The van der Waals surface area contributed by atoms with Crippen LogP contribution < -0.4 is 10.5 Å². The SMILES string of the molecule is O=C([O-])c1ccc(N/N=C\c2ccco2)cc1. The smallest absolute Gasteiger partial charge is 0.146 e. The second kappa shape index (κ2) is 4.98. The molecule has 5 heteroatoms. The molecule has 1 N–H and O–H groups in total. The van der Waals surface area contributed by atoms with E-state index in [0.717, 1.165) is 0 Å². The summed E-state index contributed by atoms with van der Waals surface area (Å²) in [5.41, 5.74) is 3.55. The van der Waals surface area contributed by atoms with Crippen LogP contribution in [0, 0.1) is 0 Å². The summed E-state index contributed by atoms with van der Waals surface area (Å²) in [6, 6.07) is 9.62. The molecule has 1 heterocycles. The minimum atomic E-state index is -1.20. The summed E-state index contributed by atoms with van der Waals surface area (Å²) in [4.78, 5) is 10.5. The van der Waals surface area contributed by atoms with Crippen LogP contribution in [0.25, 0.3) is 0 Å². The molecule has 0 unspecified atom stereocenters. The maximum Gasteiger partial charge on any atom is 0.146 e. The van der Waals surface area contributed by atoms with Gasteiger partial charge in [0.25, 0.3) is 0 Å². The molecular formula is C12H9N2O3-. The predicted octanol–water partition coefficient (Wildman–Crippen LogP) is 1.09. The largest absolute Gasteiger partial charge is 0.545 e. The first-order valence-corrected chi connectivity index (χ1v) is 4.90. The molecule has 0 saturated carbocycles. The molecule has 0 aliphatic carbocycles. The van der Waals surface area contributed by atoms with Gasteiger partial charge in [-0.25, -0.2) is 0 Å². The van der Waals surface area contributed by atoms with Crippen molar-refractivity contribution in [1.29, 1.82) is 0 Å². The van der Waals surface area contributed by atoms with Gasteiger partial charge in [-0.1, -0.05) is 12.1 Å². The topological polar surface area (TPSA) is 77.7 Å². The summed E-state index contributed by atoms with van der Waals surface area (Å²) >= 11 is 0. The first-order chi connectivity index (χ1) is 8.25. The molecule has 0 radical (unpaired) electrons. The van der Waals surface area contributed by atoms with Gasteiger partial charge in [-0.2, -0.15) is 5.10 Å². The lowest BCUT2D eigenvalue weighted by atomic mass is 10.2. The van der Waals surface area contributed by atoms with Crippen molar-refractivity contribution in [3.63, 3.8) is 0 Å². The van der Waals surface area contributed by atoms with E-state index in [4.69, 9.17) is 4.42 Å². The lowest BCUT2D eigenvalue weighted by Crippen LogP contribution is -2.21. The Balaban J connectivity index is 1.97. The number of hydrogen-bond acceptors (Lipinski definition) is 5. The van der Waals surface area contributed by atoms with Gasteiger partial charge in [0.05, 0.1) is 24.1 Å². The van der Waals surface area contributed by atoms with E-state index in [1.807, 2.05) is 0 Å². The lowest BCUT2D eigenvalue weighted by molar-refractivity contribution is -0.255. The second-order valence-corrected chi connectivity index (χ2v) is 3.25. The van der Waals surface area contributed by atoms with Crippen LogP contribution in [0.15, 0.2) is 52.2 Å².